The number of nitrogens with two attached hydrogens (primary N) is 1. The van der Waals surface area contributed by atoms with Crippen molar-refractivity contribution in [1.82, 2.24) is 14.5 Å². The Balaban J connectivity index is 1.94. The third kappa shape index (κ3) is 3.68. The predicted molar refractivity (Wildman–Crippen MR) is 117 cm³/mol. The molecule has 0 radical (unpaired) electrons. The van der Waals surface area contributed by atoms with E-state index in [0.717, 1.165) is 0 Å². The van der Waals surface area contributed by atoms with E-state index in [1.807, 2.05) is 24.3 Å². The number of nitrogens with zero attached hydrogens (tertiary/aromatic N) is 3. The topological polar surface area (TPSA) is 109 Å². The van der Waals surface area contributed by atoms with Crippen LogP contribution in [0.3, 0.4) is 0 Å². The predicted octanol–water partition coefficient (Wildman–Crippen LogP) is 3.90. The smallest absolute Gasteiger partial charge is 0.344 e. The second kappa shape index (κ2) is 8.06. The molecule has 4 aromatic rings. The molecule has 0 saturated carbocycles. The molecule has 0 bridgehead atoms. The summed E-state index contributed by atoms with van der Waals surface area (Å²) in [4.78, 5) is 34.2. The van der Waals surface area contributed by atoms with Gasteiger partial charge in [0.25, 0.3) is 0 Å². The number of fused-ring (bicyclic) bond motifs is 2. The second-order valence-electron chi connectivity index (χ2n) is 7.20. The number of aromatic nitrogens is 3. The van der Waals surface area contributed by atoms with Crippen molar-refractivity contribution in [2.45, 2.75) is 26.9 Å². The minimum absolute atomic E-state index is 0.163. The summed E-state index contributed by atoms with van der Waals surface area (Å²) in [6, 6.07) is 14.1. The highest BCUT2D eigenvalue weighted by molar-refractivity contribution is 6.09. The van der Waals surface area contributed by atoms with Crippen molar-refractivity contribution in [3.05, 3.63) is 59.7 Å². The number of hydrogen-bond acceptors (Lipinski definition) is 7. The summed E-state index contributed by atoms with van der Waals surface area (Å²) in [5.74, 6) is -0.810. The lowest BCUT2D eigenvalue weighted by Gasteiger charge is -2.10. The van der Waals surface area contributed by atoms with Crippen molar-refractivity contribution in [3.63, 3.8) is 0 Å². The molecule has 0 unspecified atom stereocenters. The first kappa shape index (κ1) is 20.3. The van der Waals surface area contributed by atoms with Crippen molar-refractivity contribution < 1.29 is 19.1 Å². The lowest BCUT2D eigenvalue weighted by molar-refractivity contribution is 0.0380. The summed E-state index contributed by atoms with van der Waals surface area (Å²) in [5, 5.41) is 0. The van der Waals surface area contributed by atoms with Gasteiger partial charge in [0, 0.05) is 5.69 Å². The zero-order valence-electron chi connectivity index (χ0n) is 17.5. The molecule has 2 aromatic heterocycles. The molecule has 0 fully saturated rings. The molecule has 0 atom stereocenters. The fourth-order valence-corrected chi connectivity index (χ4v) is 3.36. The molecule has 8 heteroatoms. The number of rotatable bonds is 5. The van der Waals surface area contributed by atoms with Gasteiger partial charge in [-0.3, -0.25) is 4.57 Å². The van der Waals surface area contributed by atoms with E-state index in [4.69, 9.17) is 20.2 Å². The highest BCUT2D eigenvalue weighted by atomic mass is 16.5. The highest BCUT2D eigenvalue weighted by Crippen LogP contribution is 2.31. The number of anilines is 1. The Morgan fingerprint density at radius 3 is 2.26 bits per heavy atom. The molecule has 0 aliphatic carbocycles. The van der Waals surface area contributed by atoms with Crippen LogP contribution in [-0.4, -0.2) is 39.2 Å². The van der Waals surface area contributed by atoms with Gasteiger partial charge in [0.05, 0.1) is 29.3 Å². The van der Waals surface area contributed by atoms with Crippen LogP contribution in [-0.2, 0) is 9.47 Å². The van der Waals surface area contributed by atoms with Crippen molar-refractivity contribution >= 4 is 40.0 Å². The highest BCUT2D eigenvalue weighted by Gasteiger charge is 2.26. The van der Waals surface area contributed by atoms with Gasteiger partial charge in [-0.25, -0.2) is 19.6 Å². The minimum Gasteiger partial charge on any atom is -0.462 e. The van der Waals surface area contributed by atoms with Crippen LogP contribution < -0.4 is 5.73 Å². The molecule has 0 spiro atoms. The van der Waals surface area contributed by atoms with Crippen LogP contribution >= 0.6 is 0 Å². The number of para-hydroxylation sites is 2. The number of carbonyl (C=O) groups is 2. The molecule has 0 aliphatic heterocycles. The fraction of sp³-hybridized carbons (Fsp3) is 0.217. The lowest BCUT2D eigenvalue weighted by Crippen LogP contribution is -2.14. The molecule has 4 rings (SSSR count). The largest absolute Gasteiger partial charge is 0.462 e. The third-order valence-electron chi connectivity index (χ3n) is 4.68. The molecule has 2 heterocycles. The average molecular weight is 418 g/mol. The lowest BCUT2D eigenvalue weighted by atomic mass is 10.2. The second-order valence-corrected chi connectivity index (χ2v) is 7.20. The van der Waals surface area contributed by atoms with Crippen LogP contribution in [0.25, 0.3) is 27.9 Å². The van der Waals surface area contributed by atoms with Crippen LogP contribution in [0.4, 0.5) is 5.82 Å². The summed E-state index contributed by atoms with van der Waals surface area (Å²) in [7, 11) is 0. The van der Waals surface area contributed by atoms with E-state index in [9.17, 15) is 9.59 Å². The van der Waals surface area contributed by atoms with E-state index in [-0.39, 0.29) is 17.5 Å². The number of hydrogen-bond donors (Lipinski definition) is 1. The monoisotopic (exact) mass is 418 g/mol. The van der Waals surface area contributed by atoms with Gasteiger partial charge in [0.2, 0.25) is 0 Å². The van der Waals surface area contributed by atoms with Gasteiger partial charge in [-0.2, -0.15) is 0 Å². The Bertz CT molecular complexity index is 1290. The van der Waals surface area contributed by atoms with Crippen LogP contribution in [0.5, 0.6) is 0 Å². The maximum Gasteiger partial charge on any atom is 0.344 e. The first-order valence-corrected chi connectivity index (χ1v) is 9.96. The Morgan fingerprint density at radius 1 is 1.00 bits per heavy atom. The first-order valence-electron chi connectivity index (χ1n) is 9.96. The van der Waals surface area contributed by atoms with Crippen LogP contribution in [0.2, 0.25) is 0 Å². The molecule has 0 saturated heterocycles. The molecule has 31 heavy (non-hydrogen) atoms. The average Bonchev–Trinajstić information content (AvgIpc) is 3.02. The number of carbonyl (C=O) groups excluding carboxylic acids is 2. The summed E-state index contributed by atoms with van der Waals surface area (Å²) in [5.41, 5.74) is 9.72. The van der Waals surface area contributed by atoms with E-state index in [0.29, 0.717) is 40.1 Å². The van der Waals surface area contributed by atoms with Gasteiger partial charge in [-0.15, -0.1) is 0 Å². The Kier molecular flexibility index (Phi) is 5.29. The van der Waals surface area contributed by atoms with Crippen molar-refractivity contribution in [2.75, 3.05) is 12.3 Å². The quantitative estimate of drug-likeness (QED) is 0.490. The standard InChI is InChI=1S/C23H22N4O4/c1-4-30-22(28)14-9-11-15(12-10-14)27-20(24)18(23(29)31-13(2)3)19-21(27)26-17-8-6-5-7-16(17)25-19/h5-13H,4,24H2,1-3H3. The molecular formula is C23H22N4O4. The van der Waals surface area contributed by atoms with Gasteiger partial charge >= 0.3 is 11.9 Å². The number of benzene rings is 2. The van der Waals surface area contributed by atoms with Crippen molar-refractivity contribution in [2.24, 2.45) is 0 Å². The Hall–Kier alpha value is -3.94. The molecule has 2 aromatic carbocycles. The van der Waals surface area contributed by atoms with Crippen molar-refractivity contribution in [1.29, 1.82) is 0 Å². The SMILES string of the molecule is CCOC(=O)c1ccc(-n2c(N)c(C(=O)OC(C)C)c3nc4ccccc4nc32)cc1. The minimum atomic E-state index is -0.566. The zero-order valence-corrected chi connectivity index (χ0v) is 17.5. The maximum absolute atomic E-state index is 12.8. The number of ether oxygens (including phenoxy) is 2. The van der Waals surface area contributed by atoms with Gasteiger partial charge in [-0.1, -0.05) is 12.1 Å². The van der Waals surface area contributed by atoms with Crippen LogP contribution in [0.15, 0.2) is 48.5 Å². The molecular weight excluding hydrogens is 396 g/mol. The third-order valence-corrected chi connectivity index (χ3v) is 4.68. The first-order chi connectivity index (χ1) is 14.9. The van der Waals surface area contributed by atoms with Gasteiger partial charge in [0.1, 0.15) is 16.9 Å². The summed E-state index contributed by atoms with van der Waals surface area (Å²) >= 11 is 0. The molecule has 0 amide bonds. The maximum atomic E-state index is 12.8. The van der Waals surface area contributed by atoms with E-state index in [1.54, 1.807) is 49.6 Å². The molecule has 0 aliphatic rings. The van der Waals surface area contributed by atoms with Crippen LogP contribution in [0.1, 0.15) is 41.5 Å². The van der Waals surface area contributed by atoms with Gasteiger partial charge in [-0.05, 0) is 57.2 Å². The molecule has 158 valence electrons. The van der Waals surface area contributed by atoms with E-state index >= 15 is 0 Å². The summed E-state index contributed by atoms with van der Waals surface area (Å²) in [6.45, 7) is 5.57. The zero-order chi connectivity index (χ0) is 22.1. The number of nitrogen functional groups attached to an aromatic ring is 1. The van der Waals surface area contributed by atoms with Crippen LogP contribution in [0, 0.1) is 0 Å². The summed E-state index contributed by atoms with van der Waals surface area (Å²) < 4.78 is 12.1. The van der Waals surface area contributed by atoms with E-state index in [1.165, 1.54) is 0 Å². The summed E-state index contributed by atoms with van der Waals surface area (Å²) in [6.07, 6.45) is -0.317. The van der Waals surface area contributed by atoms with Crippen molar-refractivity contribution in [3.8, 4) is 5.69 Å². The fourth-order valence-electron chi connectivity index (χ4n) is 3.36. The molecule has 8 nitrogen and oxygen atoms in total. The number of esters is 2. The van der Waals surface area contributed by atoms with E-state index in [2.05, 4.69) is 4.98 Å². The molecule has 2 N–H and O–H groups in total. The van der Waals surface area contributed by atoms with E-state index < -0.39 is 11.9 Å². The normalized spacial score (nSPS) is 11.2. The van der Waals surface area contributed by atoms with Gasteiger partial charge in [0.15, 0.2) is 5.65 Å². The Morgan fingerprint density at radius 2 is 1.65 bits per heavy atom. The van der Waals surface area contributed by atoms with Gasteiger partial charge < -0.3 is 15.2 Å². The Labute approximate surface area is 178 Å².